The first-order valence-electron chi connectivity index (χ1n) is 15.2. The van der Waals surface area contributed by atoms with Gasteiger partial charge in [-0.25, -0.2) is 14.4 Å². The molecule has 10 heteroatoms. The van der Waals surface area contributed by atoms with Crippen LogP contribution in [0.25, 0.3) is 17.2 Å². The number of carbonyl (C=O) groups excluding carboxylic acids is 4. The molecule has 0 aliphatic heterocycles. The summed E-state index contributed by atoms with van der Waals surface area (Å²) in [6, 6.07) is 25.9. The monoisotopic (exact) mass is 674 g/mol. The second kappa shape index (κ2) is 18.0. The predicted octanol–water partition coefficient (Wildman–Crippen LogP) is 7.14. The average Bonchev–Trinajstić information content (AvgIpc) is 3.13. The van der Waals surface area contributed by atoms with Crippen LogP contribution in [0.4, 0.5) is 0 Å². The molecule has 0 N–H and O–H groups in total. The zero-order chi connectivity index (χ0) is 35.9. The molecule has 0 amide bonds. The van der Waals surface area contributed by atoms with E-state index in [0.717, 1.165) is 28.8 Å². The highest BCUT2D eigenvalue weighted by molar-refractivity contribution is 5.95. The van der Waals surface area contributed by atoms with Crippen molar-refractivity contribution in [2.24, 2.45) is 0 Å². The maximum Gasteiger partial charge on any atom is 0.336 e. The van der Waals surface area contributed by atoms with E-state index in [9.17, 15) is 19.2 Å². The van der Waals surface area contributed by atoms with Gasteiger partial charge in [0.2, 0.25) is 0 Å². The summed E-state index contributed by atoms with van der Waals surface area (Å²) >= 11 is 0. The fourth-order valence-corrected chi connectivity index (χ4v) is 4.08. The maximum atomic E-state index is 12.4. The number of Topliss-reactive ketones (excluding diaryl/α,β-unsaturated/α-hetero) is 1. The zero-order valence-corrected chi connectivity index (χ0v) is 27.3. The largest absolute Gasteiger partial charge is 0.490 e. The quantitative estimate of drug-likeness (QED) is 0.0494. The van der Waals surface area contributed by atoms with Crippen molar-refractivity contribution in [3.63, 3.8) is 0 Å². The van der Waals surface area contributed by atoms with Crippen molar-refractivity contribution in [1.29, 1.82) is 0 Å². The van der Waals surface area contributed by atoms with Gasteiger partial charge in [0.05, 0.1) is 0 Å². The molecule has 0 bridgehead atoms. The minimum atomic E-state index is -0.727. The van der Waals surface area contributed by atoms with Crippen molar-refractivity contribution < 1.29 is 47.6 Å². The molecule has 4 aromatic carbocycles. The number of ether oxygens (including phenoxy) is 6. The van der Waals surface area contributed by atoms with Crippen LogP contribution in [0, 0.1) is 0 Å². The van der Waals surface area contributed by atoms with Gasteiger partial charge >= 0.3 is 17.9 Å². The Morgan fingerprint density at radius 2 is 1.08 bits per heavy atom. The summed E-state index contributed by atoms with van der Waals surface area (Å²) in [4.78, 5) is 47.3. The highest BCUT2D eigenvalue weighted by Crippen LogP contribution is 2.32. The van der Waals surface area contributed by atoms with Gasteiger partial charge in [0.15, 0.2) is 23.9 Å². The van der Waals surface area contributed by atoms with Crippen molar-refractivity contribution in [1.82, 2.24) is 0 Å². The minimum absolute atomic E-state index is 0.0115. The van der Waals surface area contributed by atoms with E-state index in [-0.39, 0.29) is 37.1 Å². The molecule has 0 unspecified atom stereocenters. The van der Waals surface area contributed by atoms with Crippen LogP contribution in [-0.2, 0) is 19.2 Å². The first-order valence-corrected chi connectivity index (χ1v) is 15.2. The lowest BCUT2D eigenvalue weighted by Gasteiger charge is -2.12. The highest BCUT2D eigenvalue weighted by atomic mass is 16.6. The van der Waals surface area contributed by atoms with E-state index in [1.807, 2.05) is 36.4 Å². The van der Waals surface area contributed by atoms with Gasteiger partial charge in [-0.1, -0.05) is 56.1 Å². The van der Waals surface area contributed by atoms with Crippen molar-refractivity contribution >= 4 is 29.8 Å². The Labute approximate surface area is 289 Å². The Balaban J connectivity index is 1.23. The van der Waals surface area contributed by atoms with E-state index in [1.165, 1.54) is 18.2 Å². The first-order chi connectivity index (χ1) is 24.1. The lowest BCUT2D eigenvalue weighted by Crippen LogP contribution is -2.11. The van der Waals surface area contributed by atoms with E-state index in [2.05, 4.69) is 19.7 Å². The van der Waals surface area contributed by atoms with Gasteiger partial charge in [-0.05, 0) is 83.8 Å². The molecule has 0 aliphatic carbocycles. The van der Waals surface area contributed by atoms with Gasteiger partial charge < -0.3 is 28.4 Å². The van der Waals surface area contributed by atoms with Crippen LogP contribution in [-0.4, -0.2) is 43.5 Å². The molecule has 0 saturated heterocycles. The average molecular weight is 675 g/mol. The zero-order valence-electron chi connectivity index (χ0n) is 27.3. The molecule has 10 nitrogen and oxygen atoms in total. The lowest BCUT2D eigenvalue weighted by molar-refractivity contribution is -0.131. The Kier molecular flexibility index (Phi) is 13.0. The smallest absolute Gasteiger partial charge is 0.336 e. The van der Waals surface area contributed by atoms with Crippen LogP contribution in [0.15, 0.2) is 135 Å². The van der Waals surface area contributed by atoms with E-state index in [1.54, 1.807) is 55.5 Å². The van der Waals surface area contributed by atoms with Crippen LogP contribution in [0.1, 0.15) is 12.5 Å². The van der Waals surface area contributed by atoms with E-state index >= 15 is 0 Å². The summed E-state index contributed by atoms with van der Waals surface area (Å²) in [5, 5.41) is 0. The van der Waals surface area contributed by atoms with Crippen LogP contribution in [0.5, 0.6) is 34.5 Å². The molecule has 0 fully saturated rings. The third-order valence-corrected chi connectivity index (χ3v) is 6.69. The molecule has 4 aromatic rings. The number of esters is 3. The molecule has 0 saturated carbocycles. The molecule has 0 aromatic heterocycles. The van der Waals surface area contributed by atoms with Gasteiger partial charge in [-0.2, -0.15) is 0 Å². The molecule has 0 heterocycles. The number of carbonyl (C=O) groups is 4. The maximum absolute atomic E-state index is 12.4. The summed E-state index contributed by atoms with van der Waals surface area (Å²) < 4.78 is 32.6. The third kappa shape index (κ3) is 11.2. The number of rotatable bonds is 17. The van der Waals surface area contributed by atoms with E-state index in [0.29, 0.717) is 28.6 Å². The molecule has 4 rings (SSSR count). The standard InChI is InChI=1S/C40H34O10/c1-5-38(42)49-36-21-20-34(25-37(36)50-39(43)6-2)46-24-23-45-31-16-10-29(11-17-31)30-12-18-33(19-13-30)48-40(44)22-9-28-7-14-32(15-8-28)47-26-35(41)27(3)4/h5-22,25H,1-3,23-24,26H2,4H3/b22-9+. The molecule has 50 heavy (non-hydrogen) atoms. The molecule has 0 radical (unpaired) electrons. The Morgan fingerprint density at radius 1 is 0.580 bits per heavy atom. The number of hydrogen-bond acceptors (Lipinski definition) is 10. The second-order valence-electron chi connectivity index (χ2n) is 10.4. The Morgan fingerprint density at radius 3 is 1.66 bits per heavy atom. The number of benzene rings is 4. The van der Waals surface area contributed by atoms with E-state index < -0.39 is 17.9 Å². The van der Waals surface area contributed by atoms with Crippen molar-refractivity contribution in [3.05, 3.63) is 140 Å². The second-order valence-corrected chi connectivity index (χ2v) is 10.4. The van der Waals surface area contributed by atoms with Gasteiger partial charge in [0.1, 0.15) is 36.2 Å². The van der Waals surface area contributed by atoms with Crippen LogP contribution in [0.2, 0.25) is 0 Å². The van der Waals surface area contributed by atoms with Crippen molar-refractivity contribution in [2.45, 2.75) is 6.92 Å². The van der Waals surface area contributed by atoms with Crippen molar-refractivity contribution in [2.75, 3.05) is 19.8 Å². The topological polar surface area (TPSA) is 124 Å². The minimum Gasteiger partial charge on any atom is -0.490 e. The van der Waals surface area contributed by atoms with Gasteiger partial charge in [-0.3, -0.25) is 4.79 Å². The summed E-state index contributed by atoms with van der Waals surface area (Å²) in [6.07, 6.45) is 4.92. The SMILES string of the molecule is C=CC(=O)Oc1ccc(OCCOc2ccc(-c3ccc(OC(=O)/C=C/c4ccc(OCC(=O)C(=C)C)cc4)cc3)cc2)cc1OC(=O)C=C. The highest BCUT2D eigenvalue weighted by Gasteiger charge is 2.13. The summed E-state index contributed by atoms with van der Waals surface area (Å²) in [5.74, 6) is -0.194. The lowest BCUT2D eigenvalue weighted by atomic mass is 10.1. The third-order valence-electron chi connectivity index (χ3n) is 6.69. The number of ketones is 1. The normalized spacial score (nSPS) is 10.4. The van der Waals surface area contributed by atoms with Crippen LogP contribution < -0.4 is 28.4 Å². The van der Waals surface area contributed by atoms with Crippen LogP contribution in [0.3, 0.4) is 0 Å². The summed E-state index contributed by atoms with van der Waals surface area (Å²) in [6.45, 7) is 12.3. The molecular weight excluding hydrogens is 640 g/mol. The summed E-state index contributed by atoms with van der Waals surface area (Å²) in [5.41, 5.74) is 3.04. The van der Waals surface area contributed by atoms with E-state index in [4.69, 9.17) is 28.4 Å². The fourth-order valence-electron chi connectivity index (χ4n) is 4.08. The Bertz CT molecular complexity index is 1890. The number of hydrogen-bond donors (Lipinski definition) is 0. The summed E-state index contributed by atoms with van der Waals surface area (Å²) in [7, 11) is 0. The molecule has 254 valence electrons. The van der Waals surface area contributed by atoms with Gasteiger partial charge in [-0.15, -0.1) is 0 Å². The van der Waals surface area contributed by atoms with Crippen LogP contribution >= 0.6 is 0 Å². The molecule has 0 atom stereocenters. The molecular formula is C40H34O10. The van der Waals surface area contributed by atoms with Gasteiger partial charge in [0, 0.05) is 24.3 Å². The molecule has 0 spiro atoms. The Hall–Kier alpha value is -6.68. The fraction of sp³-hybridized carbons (Fsp3) is 0.100. The van der Waals surface area contributed by atoms with Gasteiger partial charge in [0.25, 0.3) is 0 Å². The van der Waals surface area contributed by atoms with Crippen molar-refractivity contribution in [3.8, 4) is 45.6 Å². The first kappa shape index (κ1) is 36.2. The molecule has 0 aliphatic rings. The predicted molar refractivity (Wildman–Crippen MR) is 187 cm³/mol.